The lowest BCUT2D eigenvalue weighted by molar-refractivity contribution is 0.499. The second-order valence-corrected chi connectivity index (χ2v) is 4.50. The number of halogens is 3. The van der Waals surface area contributed by atoms with Crippen LogP contribution in [0.1, 0.15) is 17.3 Å². The smallest absolute Gasteiger partial charge is 0.142 e. The molecule has 0 radical (unpaired) electrons. The van der Waals surface area contributed by atoms with Gasteiger partial charge < -0.3 is 0 Å². The molecule has 0 aliphatic rings. The molecule has 5 nitrogen and oxygen atoms in total. The molecule has 1 unspecified atom stereocenters. The lowest BCUT2D eigenvalue weighted by Gasteiger charge is -2.16. The summed E-state index contributed by atoms with van der Waals surface area (Å²) < 4.78 is 28.7. The van der Waals surface area contributed by atoms with E-state index in [-0.39, 0.29) is 17.0 Å². The van der Waals surface area contributed by atoms with Gasteiger partial charge in [0.05, 0.1) is 16.8 Å². The van der Waals surface area contributed by atoms with Crippen LogP contribution in [0, 0.1) is 11.6 Å². The van der Waals surface area contributed by atoms with E-state index in [2.05, 4.69) is 15.7 Å². The minimum Gasteiger partial charge on any atom is -0.271 e. The van der Waals surface area contributed by atoms with Crippen LogP contribution in [0.4, 0.5) is 8.78 Å². The zero-order chi connectivity index (χ0) is 14.0. The third kappa shape index (κ3) is 3.06. The van der Waals surface area contributed by atoms with Crippen LogP contribution in [0.25, 0.3) is 0 Å². The fraction of sp³-hybridized carbons (Fsp3) is 0.273. The van der Waals surface area contributed by atoms with Crippen LogP contribution in [-0.2, 0) is 13.5 Å². The van der Waals surface area contributed by atoms with Crippen molar-refractivity contribution in [2.45, 2.75) is 12.5 Å². The summed E-state index contributed by atoms with van der Waals surface area (Å²) in [5, 5.41) is 7.37. The summed E-state index contributed by atoms with van der Waals surface area (Å²) in [7, 11) is 1.71. The highest BCUT2D eigenvalue weighted by molar-refractivity contribution is 6.30. The van der Waals surface area contributed by atoms with Gasteiger partial charge in [-0.2, -0.15) is 0 Å². The van der Waals surface area contributed by atoms with E-state index in [4.69, 9.17) is 17.4 Å². The van der Waals surface area contributed by atoms with Gasteiger partial charge in [0.1, 0.15) is 11.6 Å². The van der Waals surface area contributed by atoms with Crippen molar-refractivity contribution >= 4 is 11.6 Å². The summed E-state index contributed by atoms with van der Waals surface area (Å²) >= 11 is 5.50. The molecule has 0 fully saturated rings. The summed E-state index contributed by atoms with van der Waals surface area (Å²) in [6, 6.07) is 1.33. The molecule has 8 heteroatoms. The number of aryl methyl sites for hydroxylation is 1. The number of benzene rings is 1. The van der Waals surface area contributed by atoms with Crippen molar-refractivity contribution < 1.29 is 8.78 Å². The molecular weight excluding hydrogens is 276 g/mol. The van der Waals surface area contributed by atoms with Crippen LogP contribution in [0.15, 0.2) is 18.3 Å². The van der Waals surface area contributed by atoms with Gasteiger partial charge in [0, 0.05) is 25.2 Å². The molecule has 2 rings (SSSR count). The van der Waals surface area contributed by atoms with Gasteiger partial charge in [-0.1, -0.05) is 16.8 Å². The number of nitrogens with zero attached hydrogens (tertiary/aromatic N) is 3. The second kappa shape index (κ2) is 5.60. The zero-order valence-corrected chi connectivity index (χ0v) is 10.8. The molecule has 0 aliphatic heterocycles. The molecule has 19 heavy (non-hydrogen) atoms. The van der Waals surface area contributed by atoms with Crippen LogP contribution >= 0.6 is 11.6 Å². The fourth-order valence-electron chi connectivity index (χ4n) is 1.76. The summed E-state index contributed by atoms with van der Waals surface area (Å²) in [6.07, 6.45) is 1.96. The molecule has 1 heterocycles. The maximum absolute atomic E-state index is 13.8. The molecule has 0 aliphatic carbocycles. The standard InChI is InChI=1S/C11H12ClF2N5/c1-19-5-6(17-18-19)2-11(16-15)7-3-10(14)8(12)4-9(7)13/h3-5,11,16H,2,15H2,1H3. The average molecular weight is 288 g/mol. The minimum atomic E-state index is -0.697. The molecule has 3 N–H and O–H groups in total. The Hall–Kier alpha value is -1.57. The topological polar surface area (TPSA) is 68.8 Å². The first-order chi connectivity index (χ1) is 9.01. The quantitative estimate of drug-likeness (QED) is 0.508. The van der Waals surface area contributed by atoms with Crippen molar-refractivity contribution in [2.24, 2.45) is 12.9 Å². The lowest BCUT2D eigenvalue weighted by atomic mass is 10.0. The number of hydrazine groups is 1. The fourth-order valence-corrected chi connectivity index (χ4v) is 1.91. The predicted molar refractivity (Wildman–Crippen MR) is 66.1 cm³/mol. The van der Waals surface area contributed by atoms with Crippen molar-refractivity contribution in [3.05, 3.63) is 46.2 Å². The van der Waals surface area contributed by atoms with Crippen molar-refractivity contribution in [2.75, 3.05) is 0 Å². The molecule has 102 valence electrons. The maximum Gasteiger partial charge on any atom is 0.142 e. The third-order valence-electron chi connectivity index (χ3n) is 2.68. The van der Waals surface area contributed by atoms with Crippen molar-refractivity contribution in [1.29, 1.82) is 0 Å². The molecule has 0 spiro atoms. The first kappa shape index (κ1) is 13.9. The molecule has 0 amide bonds. The van der Waals surface area contributed by atoms with Gasteiger partial charge in [-0.3, -0.25) is 16.0 Å². The Balaban J connectivity index is 2.29. The van der Waals surface area contributed by atoms with Gasteiger partial charge in [0.2, 0.25) is 0 Å². The zero-order valence-electron chi connectivity index (χ0n) is 10.1. The van der Waals surface area contributed by atoms with Crippen molar-refractivity contribution in [3.8, 4) is 0 Å². The van der Waals surface area contributed by atoms with Gasteiger partial charge in [-0.05, 0) is 12.1 Å². The monoisotopic (exact) mass is 287 g/mol. The summed E-state index contributed by atoms with van der Waals surface area (Å²) in [5.41, 5.74) is 3.14. The first-order valence-electron chi connectivity index (χ1n) is 5.47. The van der Waals surface area contributed by atoms with E-state index in [0.29, 0.717) is 5.69 Å². The average Bonchev–Trinajstić information content (AvgIpc) is 2.77. The number of hydrogen-bond acceptors (Lipinski definition) is 4. The van der Waals surface area contributed by atoms with E-state index < -0.39 is 17.7 Å². The molecule has 0 saturated heterocycles. The largest absolute Gasteiger partial charge is 0.271 e. The number of hydrogen-bond donors (Lipinski definition) is 2. The highest BCUT2D eigenvalue weighted by Crippen LogP contribution is 2.25. The minimum absolute atomic E-state index is 0.0926. The molecule has 1 aromatic carbocycles. The third-order valence-corrected chi connectivity index (χ3v) is 2.97. The molecular formula is C11H12ClF2N5. The predicted octanol–water partition coefficient (Wildman–Crippen LogP) is 1.49. The maximum atomic E-state index is 13.8. The Kier molecular flexibility index (Phi) is 4.08. The number of rotatable bonds is 4. The Morgan fingerprint density at radius 1 is 1.42 bits per heavy atom. The SMILES string of the molecule is Cn1cc(CC(NN)c2cc(F)c(Cl)cc2F)nn1. The van der Waals surface area contributed by atoms with Crippen molar-refractivity contribution in [1.82, 2.24) is 20.4 Å². The number of nitrogens with one attached hydrogen (secondary N) is 1. The summed E-state index contributed by atoms with van der Waals surface area (Å²) in [4.78, 5) is 0. The van der Waals surface area contributed by atoms with Crippen molar-refractivity contribution in [3.63, 3.8) is 0 Å². The molecule has 0 saturated carbocycles. The Morgan fingerprint density at radius 3 is 2.74 bits per heavy atom. The summed E-state index contributed by atoms with van der Waals surface area (Å²) in [6.45, 7) is 0. The van der Waals surface area contributed by atoms with Crippen LogP contribution in [0.2, 0.25) is 5.02 Å². The normalized spacial score (nSPS) is 12.7. The van der Waals surface area contributed by atoms with E-state index in [9.17, 15) is 8.78 Å². The molecule has 1 atom stereocenters. The molecule has 2 aromatic rings. The van der Waals surface area contributed by atoms with Crippen LogP contribution in [0.5, 0.6) is 0 Å². The Labute approximate surface area is 113 Å². The van der Waals surface area contributed by atoms with Crippen LogP contribution in [0.3, 0.4) is 0 Å². The molecule has 1 aromatic heterocycles. The van der Waals surface area contributed by atoms with Gasteiger partial charge in [-0.25, -0.2) is 8.78 Å². The second-order valence-electron chi connectivity index (χ2n) is 4.09. The Morgan fingerprint density at radius 2 is 2.16 bits per heavy atom. The van der Waals surface area contributed by atoms with E-state index >= 15 is 0 Å². The van der Waals surface area contributed by atoms with Crippen LogP contribution in [-0.4, -0.2) is 15.0 Å². The number of nitrogens with two attached hydrogens (primary N) is 1. The first-order valence-corrected chi connectivity index (χ1v) is 5.85. The van der Waals surface area contributed by atoms with Gasteiger partial charge in [0.15, 0.2) is 0 Å². The molecule has 0 bridgehead atoms. The van der Waals surface area contributed by atoms with E-state index in [0.717, 1.165) is 12.1 Å². The van der Waals surface area contributed by atoms with E-state index in [1.165, 1.54) is 4.68 Å². The number of aromatic nitrogens is 3. The summed E-state index contributed by atoms with van der Waals surface area (Å²) in [5.74, 6) is 4.07. The Bertz CT molecular complexity index is 586. The van der Waals surface area contributed by atoms with Gasteiger partial charge in [-0.15, -0.1) is 5.10 Å². The lowest BCUT2D eigenvalue weighted by Crippen LogP contribution is -2.30. The van der Waals surface area contributed by atoms with Gasteiger partial charge in [0.25, 0.3) is 0 Å². The van der Waals surface area contributed by atoms with Crippen LogP contribution < -0.4 is 11.3 Å². The highest BCUT2D eigenvalue weighted by atomic mass is 35.5. The highest BCUT2D eigenvalue weighted by Gasteiger charge is 2.19. The van der Waals surface area contributed by atoms with Gasteiger partial charge >= 0.3 is 0 Å². The van der Waals surface area contributed by atoms with E-state index in [1.54, 1.807) is 13.2 Å². The van der Waals surface area contributed by atoms with E-state index in [1.807, 2.05) is 0 Å².